The molecular weight excluding hydrogens is 224 g/mol. The van der Waals surface area contributed by atoms with E-state index >= 15 is 0 Å². The summed E-state index contributed by atoms with van der Waals surface area (Å²) in [7, 11) is 0. The first kappa shape index (κ1) is 12.9. The van der Waals surface area contributed by atoms with E-state index in [-0.39, 0.29) is 0 Å². The van der Waals surface area contributed by atoms with Crippen LogP contribution in [0.2, 0.25) is 0 Å². The van der Waals surface area contributed by atoms with E-state index in [0.717, 1.165) is 12.5 Å². The smallest absolute Gasteiger partial charge is 0.0588 e. The Kier molecular flexibility index (Phi) is 3.92. The van der Waals surface area contributed by atoms with Crippen LogP contribution < -0.4 is 5.32 Å². The quantitative estimate of drug-likeness (QED) is 0.814. The molecule has 0 aromatic carbocycles. The van der Waals surface area contributed by atoms with Crippen LogP contribution in [0.15, 0.2) is 0 Å². The Hall–Kier alpha value is -0.120. The second kappa shape index (κ2) is 5.48. The number of rotatable bonds is 2. The van der Waals surface area contributed by atoms with E-state index in [0.29, 0.717) is 11.6 Å². The molecule has 104 valence electrons. The molecule has 1 N–H and O–H groups in total. The topological polar surface area (TPSA) is 24.5 Å². The van der Waals surface area contributed by atoms with Crippen molar-refractivity contribution < 1.29 is 4.74 Å². The third-order valence-electron chi connectivity index (χ3n) is 5.29. The van der Waals surface area contributed by atoms with Gasteiger partial charge in [-0.05, 0) is 32.1 Å². The number of piperazine rings is 1. The van der Waals surface area contributed by atoms with Gasteiger partial charge in [-0.15, -0.1) is 0 Å². The molecule has 0 amide bonds. The highest BCUT2D eigenvalue weighted by atomic mass is 16.5. The normalized spacial score (nSPS) is 37.2. The SMILES string of the molecule is CC1OCCC1CN1CCNC2(CCCCC2)C1. The Labute approximate surface area is 111 Å². The molecule has 3 nitrogen and oxygen atoms in total. The van der Waals surface area contributed by atoms with E-state index in [1.807, 2.05) is 0 Å². The van der Waals surface area contributed by atoms with Gasteiger partial charge < -0.3 is 10.1 Å². The van der Waals surface area contributed by atoms with Crippen molar-refractivity contribution in [2.75, 3.05) is 32.8 Å². The first-order valence-corrected chi connectivity index (χ1v) is 7.86. The Morgan fingerprint density at radius 2 is 2.11 bits per heavy atom. The van der Waals surface area contributed by atoms with Crippen LogP contribution in [0.3, 0.4) is 0 Å². The Morgan fingerprint density at radius 1 is 1.28 bits per heavy atom. The van der Waals surface area contributed by atoms with Crippen LogP contribution >= 0.6 is 0 Å². The summed E-state index contributed by atoms with van der Waals surface area (Å²) in [5.74, 6) is 0.767. The number of hydrogen-bond donors (Lipinski definition) is 1. The predicted octanol–water partition coefficient (Wildman–Crippen LogP) is 2.02. The summed E-state index contributed by atoms with van der Waals surface area (Å²) in [6.07, 6.45) is 8.80. The third kappa shape index (κ3) is 2.73. The molecule has 1 spiro atoms. The van der Waals surface area contributed by atoms with E-state index in [9.17, 15) is 0 Å². The molecule has 3 fully saturated rings. The van der Waals surface area contributed by atoms with E-state index in [1.165, 1.54) is 64.7 Å². The zero-order valence-corrected chi connectivity index (χ0v) is 11.8. The fourth-order valence-corrected chi connectivity index (χ4v) is 4.11. The van der Waals surface area contributed by atoms with Crippen molar-refractivity contribution in [3.8, 4) is 0 Å². The second-order valence-electron chi connectivity index (χ2n) is 6.63. The second-order valence-corrected chi connectivity index (χ2v) is 6.63. The number of hydrogen-bond acceptors (Lipinski definition) is 3. The maximum atomic E-state index is 5.70. The standard InChI is InChI=1S/C15H28N2O/c1-13-14(5-10-18-13)11-17-9-8-16-15(12-17)6-3-2-4-7-15/h13-14,16H,2-12H2,1H3. The van der Waals surface area contributed by atoms with Gasteiger partial charge in [-0.25, -0.2) is 0 Å². The highest BCUT2D eigenvalue weighted by Gasteiger charge is 2.37. The molecule has 3 heteroatoms. The van der Waals surface area contributed by atoms with Gasteiger partial charge in [-0.2, -0.15) is 0 Å². The zero-order valence-electron chi connectivity index (χ0n) is 11.8. The van der Waals surface area contributed by atoms with Crippen LogP contribution in [0, 0.1) is 5.92 Å². The molecule has 18 heavy (non-hydrogen) atoms. The Bertz CT molecular complexity index is 270. The van der Waals surface area contributed by atoms with Crippen LogP contribution in [0.25, 0.3) is 0 Å². The largest absolute Gasteiger partial charge is 0.378 e. The highest BCUT2D eigenvalue weighted by molar-refractivity contribution is 4.97. The van der Waals surface area contributed by atoms with Crippen LogP contribution in [0.1, 0.15) is 45.4 Å². The van der Waals surface area contributed by atoms with Crippen molar-refractivity contribution in [3.63, 3.8) is 0 Å². The number of ether oxygens (including phenoxy) is 1. The minimum Gasteiger partial charge on any atom is -0.378 e. The van der Waals surface area contributed by atoms with Gasteiger partial charge in [0.05, 0.1) is 6.10 Å². The van der Waals surface area contributed by atoms with Crippen LogP contribution in [-0.2, 0) is 4.74 Å². The van der Waals surface area contributed by atoms with Crippen molar-refractivity contribution in [3.05, 3.63) is 0 Å². The molecule has 3 aliphatic rings. The van der Waals surface area contributed by atoms with Gasteiger partial charge in [0.25, 0.3) is 0 Å². The molecule has 0 radical (unpaired) electrons. The predicted molar refractivity (Wildman–Crippen MR) is 73.8 cm³/mol. The van der Waals surface area contributed by atoms with Crippen molar-refractivity contribution in [2.24, 2.45) is 5.92 Å². The Morgan fingerprint density at radius 3 is 2.83 bits per heavy atom. The minimum absolute atomic E-state index is 0.458. The lowest BCUT2D eigenvalue weighted by Gasteiger charge is -2.46. The summed E-state index contributed by atoms with van der Waals surface area (Å²) in [4.78, 5) is 2.71. The zero-order chi connectivity index (χ0) is 12.4. The van der Waals surface area contributed by atoms with Crippen molar-refractivity contribution in [1.29, 1.82) is 0 Å². The number of nitrogens with one attached hydrogen (secondary N) is 1. The monoisotopic (exact) mass is 252 g/mol. The molecule has 2 unspecified atom stereocenters. The van der Waals surface area contributed by atoms with Crippen molar-refractivity contribution >= 4 is 0 Å². The molecule has 2 aliphatic heterocycles. The maximum Gasteiger partial charge on any atom is 0.0588 e. The van der Waals surface area contributed by atoms with Gasteiger partial charge >= 0.3 is 0 Å². The van der Waals surface area contributed by atoms with Crippen molar-refractivity contribution in [1.82, 2.24) is 10.2 Å². The average molecular weight is 252 g/mol. The molecule has 0 bridgehead atoms. The van der Waals surface area contributed by atoms with E-state index < -0.39 is 0 Å². The summed E-state index contributed by atoms with van der Waals surface area (Å²) >= 11 is 0. The molecule has 1 saturated carbocycles. The molecule has 0 aromatic heterocycles. The molecule has 0 aromatic rings. The lowest BCUT2D eigenvalue weighted by molar-refractivity contribution is 0.0618. The van der Waals surface area contributed by atoms with E-state index in [4.69, 9.17) is 4.74 Å². The fourth-order valence-electron chi connectivity index (χ4n) is 4.11. The van der Waals surface area contributed by atoms with Crippen LogP contribution in [-0.4, -0.2) is 49.3 Å². The average Bonchev–Trinajstić information content (AvgIpc) is 2.76. The maximum absolute atomic E-state index is 5.70. The molecular formula is C15H28N2O. The van der Waals surface area contributed by atoms with Gasteiger partial charge in [0.15, 0.2) is 0 Å². The molecule has 2 atom stereocenters. The van der Waals surface area contributed by atoms with Gasteiger partial charge in [0, 0.05) is 38.3 Å². The van der Waals surface area contributed by atoms with Gasteiger partial charge in [-0.3, -0.25) is 4.90 Å². The fraction of sp³-hybridized carbons (Fsp3) is 1.00. The Balaban J connectivity index is 1.56. The molecule has 1 aliphatic carbocycles. The summed E-state index contributed by atoms with van der Waals surface area (Å²) in [5, 5.41) is 3.83. The first-order chi connectivity index (χ1) is 8.77. The first-order valence-electron chi connectivity index (χ1n) is 7.86. The van der Waals surface area contributed by atoms with E-state index in [1.54, 1.807) is 0 Å². The van der Waals surface area contributed by atoms with Crippen LogP contribution in [0.5, 0.6) is 0 Å². The van der Waals surface area contributed by atoms with E-state index in [2.05, 4.69) is 17.1 Å². The number of nitrogens with zero attached hydrogens (tertiary/aromatic N) is 1. The lowest BCUT2D eigenvalue weighted by atomic mass is 9.80. The van der Waals surface area contributed by atoms with Gasteiger partial charge in [-0.1, -0.05) is 19.3 Å². The molecule has 3 rings (SSSR count). The summed E-state index contributed by atoms with van der Waals surface area (Å²) in [6.45, 7) is 8.16. The van der Waals surface area contributed by atoms with Crippen molar-refractivity contribution in [2.45, 2.75) is 57.1 Å². The van der Waals surface area contributed by atoms with Gasteiger partial charge in [0.1, 0.15) is 0 Å². The summed E-state index contributed by atoms with van der Waals surface area (Å²) in [6, 6.07) is 0. The molecule has 2 heterocycles. The minimum atomic E-state index is 0.458. The van der Waals surface area contributed by atoms with Crippen LogP contribution in [0.4, 0.5) is 0 Å². The third-order valence-corrected chi connectivity index (χ3v) is 5.29. The molecule has 2 saturated heterocycles. The van der Waals surface area contributed by atoms with Gasteiger partial charge in [0.2, 0.25) is 0 Å². The summed E-state index contributed by atoms with van der Waals surface area (Å²) < 4.78 is 5.70. The lowest BCUT2D eigenvalue weighted by Crippen LogP contribution is -2.61. The highest BCUT2D eigenvalue weighted by Crippen LogP contribution is 2.31. The summed E-state index contributed by atoms with van der Waals surface area (Å²) in [5.41, 5.74) is 0.458.